The number of ether oxygens (including phenoxy) is 1. The summed E-state index contributed by atoms with van der Waals surface area (Å²) in [6.45, 7) is -0.584. The van der Waals surface area contributed by atoms with Crippen LogP contribution in [0, 0.1) is 0 Å². The highest BCUT2D eigenvalue weighted by Gasteiger charge is 2.41. The molecule has 0 aromatic carbocycles. The van der Waals surface area contributed by atoms with Gasteiger partial charge in [0.05, 0.1) is 19.6 Å². The van der Waals surface area contributed by atoms with Crippen molar-refractivity contribution in [3.8, 4) is 0 Å². The second-order valence-corrected chi connectivity index (χ2v) is 10.6. The molecule has 0 bridgehead atoms. The van der Waals surface area contributed by atoms with Crippen molar-refractivity contribution in [2.24, 2.45) is 0 Å². The largest absolute Gasteiger partial charge is 0.467 e. The Morgan fingerprint density at radius 2 is 1.93 bits per heavy atom. The number of esters is 1. The fourth-order valence-corrected chi connectivity index (χ4v) is 4.87. The zero-order valence-corrected chi connectivity index (χ0v) is 17.9. The standard InChI is InChI=1S/C16H24N4O7S2/c1-27-16(22)13(9-12-5-4-6-17-10-12)18-15(21)14-11-19(28(2,23)24)7-8-20(14)29(3,25)26/h4-6,10,13-14H,7-9,11H2,1-3H3,(H,18,21)/t13-,14+/m1/s1. The van der Waals surface area contributed by atoms with Crippen molar-refractivity contribution in [1.82, 2.24) is 18.9 Å². The van der Waals surface area contributed by atoms with Gasteiger partial charge in [-0.05, 0) is 11.6 Å². The molecule has 2 rings (SSSR count). The van der Waals surface area contributed by atoms with E-state index in [0.717, 1.165) is 21.1 Å². The lowest BCUT2D eigenvalue weighted by Crippen LogP contribution is -2.62. The smallest absolute Gasteiger partial charge is 0.328 e. The summed E-state index contributed by atoms with van der Waals surface area (Å²) in [6, 6.07) is 0.979. The Kier molecular flexibility index (Phi) is 7.32. The van der Waals surface area contributed by atoms with Crippen LogP contribution in [-0.4, -0.2) is 93.6 Å². The second-order valence-electron chi connectivity index (χ2n) is 6.66. The maximum atomic E-state index is 12.9. The van der Waals surface area contributed by atoms with Crippen molar-refractivity contribution in [1.29, 1.82) is 0 Å². The van der Waals surface area contributed by atoms with E-state index >= 15 is 0 Å². The van der Waals surface area contributed by atoms with E-state index in [2.05, 4.69) is 10.3 Å². The average Bonchev–Trinajstić information content (AvgIpc) is 2.65. The molecule has 1 saturated heterocycles. The first-order valence-electron chi connectivity index (χ1n) is 8.62. The number of rotatable bonds is 7. The van der Waals surface area contributed by atoms with Crippen LogP contribution in [0.15, 0.2) is 24.5 Å². The van der Waals surface area contributed by atoms with E-state index in [1.54, 1.807) is 18.3 Å². The van der Waals surface area contributed by atoms with E-state index in [9.17, 15) is 26.4 Å². The fraction of sp³-hybridized carbons (Fsp3) is 0.562. The number of aromatic nitrogens is 1. The highest BCUT2D eigenvalue weighted by molar-refractivity contribution is 7.88. The van der Waals surface area contributed by atoms with E-state index in [-0.39, 0.29) is 26.1 Å². The number of nitrogens with one attached hydrogen (secondary N) is 1. The molecule has 13 heteroatoms. The zero-order chi connectivity index (χ0) is 21.8. The highest BCUT2D eigenvalue weighted by Crippen LogP contribution is 2.17. The van der Waals surface area contributed by atoms with Gasteiger partial charge in [-0.25, -0.2) is 21.6 Å². The van der Waals surface area contributed by atoms with Gasteiger partial charge in [0.1, 0.15) is 12.1 Å². The Bertz CT molecular complexity index is 951. The lowest BCUT2D eigenvalue weighted by atomic mass is 10.1. The van der Waals surface area contributed by atoms with E-state index in [1.165, 1.54) is 13.3 Å². The van der Waals surface area contributed by atoms with Crippen LogP contribution in [0.25, 0.3) is 0 Å². The minimum absolute atomic E-state index is 0.0637. The van der Waals surface area contributed by atoms with Gasteiger partial charge in [0.2, 0.25) is 26.0 Å². The van der Waals surface area contributed by atoms with Crippen LogP contribution >= 0.6 is 0 Å². The minimum Gasteiger partial charge on any atom is -0.467 e. The molecule has 1 aromatic rings. The van der Waals surface area contributed by atoms with Crippen LogP contribution < -0.4 is 5.32 Å². The molecule has 0 saturated carbocycles. The molecule has 29 heavy (non-hydrogen) atoms. The Labute approximate surface area is 170 Å². The number of hydrogen-bond acceptors (Lipinski definition) is 8. The van der Waals surface area contributed by atoms with E-state index in [4.69, 9.17) is 4.74 Å². The first-order valence-corrected chi connectivity index (χ1v) is 12.3. The Hall–Kier alpha value is -2.09. The molecule has 0 unspecified atom stereocenters. The molecule has 0 radical (unpaired) electrons. The van der Waals surface area contributed by atoms with Crippen molar-refractivity contribution in [2.75, 3.05) is 39.3 Å². The molecule has 162 valence electrons. The lowest BCUT2D eigenvalue weighted by Gasteiger charge is -2.38. The van der Waals surface area contributed by atoms with Crippen LogP contribution in [0.2, 0.25) is 0 Å². The van der Waals surface area contributed by atoms with Gasteiger partial charge in [-0.2, -0.15) is 8.61 Å². The molecule has 1 amide bonds. The molecule has 2 atom stereocenters. The molecule has 1 N–H and O–H groups in total. The SMILES string of the molecule is COC(=O)[C@@H](Cc1cccnc1)NC(=O)[C@@H]1CN(S(C)(=O)=O)CCN1S(C)(=O)=O. The summed E-state index contributed by atoms with van der Waals surface area (Å²) in [7, 11) is -6.25. The predicted octanol–water partition coefficient (Wildman–Crippen LogP) is -1.81. The predicted molar refractivity (Wildman–Crippen MR) is 104 cm³/mol. The molecule has 1 aliphatic rings. The van der Waals surface area contributed by atoms with Crippen LogP contribution in [0.4, 0.5) is 0 Å². The van der Waals surface area contributed by atoms with Gasteiger partial charge in [-0.15, -0.1) is 0 Å². The van der Waals surface area contributed by atoms with Gasteiger partial charge in [-0.3, -0.25) is 9.78 Å². The molecular formula is C16H24N4O7S2. The summed E-state index contributed by atoms with van der Waals surface area (Å²) in [4.78, 5) is 29.0. The molecule has 1 aromatic heterocycles. The highest BCUT2D eigenvalue weighted by atomic mass is 32.2. The van der Waals surface area contributed by atoms with Gasteiger partial charge < -0.3 is 10.1 Å². The molecule has 0 aliphatic carbocycles. The summed E-state index contributed by atoms with van der Waals surface area (Å²) in [5, 5.41) is 2.49. The number of methoxy groups -OCH3 is 1. The van der Waals surface area contributed by atoms with Gasteiger partial charge in [0.25, 0.3) is 0 Å². The summed E-state index contributed by atoms with van der Waals surface area (Å²) in [5.74, 6) is -1.51. The van der Waals surface area contributed by atoms with Crippen molar-refractivity contribution < 1.29 is 31.2 Å². The Morgan fingerprint density at radius 1 is 1.24 bits per heavy atom. The number of carbonyl (C=O) groups is 2. The number of pyridine rings is 1. The van der Waals surface area contributed by atoms with Gasteiger partial charge in [0.15, 0.2) is 0 Å². The average molecular weight is 449 g/mol. The number of carbonyl (C=O) groups excluding carboxylic acids is 2. The van der Waals surface area contributed by atoms with Crippen LogP contribution in [-0.2, 0) is 40.8 Å². The van der Waals surface area contributed by atoms with E-state index < -0.39 is 44.0 Å². The summed E-state index contributed by atoms with van der Waals surface area (Å²) in [5.41, 5.74) is 0.657. The normalized spacial score (nSPS) is 20.0. The van der Waals surface area contributed by atoms with Crippen LogP contribution in [0.5, 0.6) is 0 Å². The number of amides is 1. The van der Waals surface area contributed by atoms with E-state index in [1.807, 2.05) is 0 Å². The maximum absolute atomic E-state index is 12.9. The number of hydrogen-bond donors (Lipinski definition) is 1. The zero-order valence-electron chi connectivity index (χ0n) is 16.3. The summed E-state index contributed by atoms with van der Waals surface area (Å²) in [6.07, 6.45) is 5.08. The van der Waals surface area contributed by atoms with Crippen molar-refractivity contribution in [3.63, 3.8) is 0 Å². The monoisotopic (exact) mass is 448 g/mol. The second kappa shape index (κ2) is 9.15. The maximum Gasteiger partial charge on any atom is 0.328 e. The van der Waals surface area contributed by atoms with E-state index in [0.29, 0.717) is 5.56 Å². The van der Waals surface area contributed by atoms with Gasteiger partial charge >= 0.3 is 5.97 Å². The third-order valence-corrected chi connectivity index (χ3v) is 7.02. The fourth-order valence-electron chi connectivity index (χ4n) is 3.01. The Balaban J connectivity index is 2.26. The minimum atomic E-state index is -3.78. The molecule has 1 aliphatic heterocycles. The first-order chi connectivity index (χ1) is 13.4. The first kappa shape index (κ1) is 23.2. The van der Waals surface area contributed by atoms with Crippen molar-refractivity contribution >= 4 is 31.9 Å². The lowest BCUT2D eigenvalue weighted by molar-refractivity contribution is -0.145. The van der Waals surface area contributed by atoms with Gasteiger partial charge in [0, 0.05) is 38.4 Å². The van der Waals surface area contributed by atoms with Crippen molar-refractivity contribution in [2.45, 2.75) is 18.5 Å². The number of piperazine rings is 1. The molecule has 2 heterocycles. The van der Waals surface area contributed by atoms with Gasteiger partial charge in [-0.1, -0.05) is 6.07 Å². The quantitative estimate of drug-likeness (QED) is 0.481. The molecule has 1 fully saturated rings. The third-order valence-electron chi connectivity index (χ3n) is 4.46. The van der Waals surface area contributed by atoms with Crippen LogP contribution in [0.1, 0.15) is 5.56 Å². The topological polar surface area (TPSA) is 143 Å². The molecule has 0 spiro atoms. The number of sulfonamides is 2. The van der Waals surface area contributed by atoms with Crippen LogP contribution in [0.3, 0.4) is 0 Å². The number of nitrogens with zero attached hydrogens (tertiary/aromatic N) is 3. The molecular weight excluding hydrogens is 424 g/mol. The summed E-state index contributed by atoms with van der Waals surface area (Å²) < 4.78 is 54.7. The summed E-state index contributed by atoms with van der Waals surface area (Å²) >= 11 is 0. The van der Waals surface area contributed by atoms with Crippen molar-refractivity contribution in [3.05, 3.63) is 30.1 Å². The third kappa shape index (κ3) is 6.19. The molecule has 11 nitrogen and oxygen atoms in total. The Morgan fingerprint density at radius 3 is 2.45 bits per heavy atom.